The number of hydrogen-bond donors (Lipinski definition) is 4. The van der Waals surface area contributed by atoms with Crippen molar-refractivity contribution in [3.63, 3.8) is 0 Å². The van der Waals surface area contributed by atoms with Gasteiger partial charge in [0, 0.05) is 5.75 Å². The molecule has 1 aromatic rings. The van der Waals surface area contributed by atoms with Crippen LogP contribution in [-0.2, 0) is 11.2 Å². The molecule has 2 atom stereocenters. The number of aliphatic carboxylic acids is 1. The Balaban J connectivity index is 2.74. The van der Waals surface area contributed by atoms with Gasteiger partial charge in [0.1, 0.15) is 6.10 Å². The molecule has 0 aromatic heterocycles. The highest BCUT2D eigenvalue weighted by atomic mass is 32.1. The summed E-state index contributed by atoms with van der Waals surface area (Å²) in [7, 11) is 0. The first-order chi connectivity index (χ1) is 7.54. The van der Waals surface area contributed by atoms with E-state index >= 15 is 0 Å². The summed E-state index contributed by atoms with van der Waals surface area (Å²) in [5.74, 6) is -0.735. The van der Waals surface area contributed by atoms with Crippen LogP contribution in [0.4, 0.5) is 0 Å². The lowest BCUT2D eigenvalue weighted by Gasteiger charge is -2.16. The van der Waals surface area contributed by atoms with Crippen molar-refractivity contribution in [3.8, 4) is 0 Å². The summed E-state index contributed by atoms with van der Waals surface area (Å²) in [4.78, 5) is 10.4. The molecule has 0 radical (unpaired) electrons. The smallest absolute Gasteiger partial charge is 0.307 e. The SMILES string of the molecule is O=C(O)Cc1ccc(C(O)C(O)CS)cc1. The van der Waals surface area contributed by atoms with Crippen molar-refractivity contribution < 1.29 is 20.1 Å². The van der Waals surface area contributed by atoms with Crippen molar-refractivity contribution in [2.24, 2.45) is 0 Å². The minimum Gasteiger partial charge on any atom is -0.481 e. The van der Waals surface area contributed by atoms with E-state index in [4.69, 9.17) is 5.11 Å². The minimum absolute atomic E-state index is 0.0501. The quantitative estimate of drug-likeness (QED) is 0.571. The van der Waals surface area contributed by atoms with Crippen LogP contribution in [0.15, 0.2) is 24.3 Å². The average Bonchev–Trinajstić information content (AvgIpc) is 2.27. The summed E-state index contributed by atoms with van der Waals surface area (Å²) in [5, 5.41) is 27.6. The molecule has 88 valence electrons. The summed E-state index contributed by atoms with van der Waals surface area (Å²) < 4.78 is 0. The maximum Gasteiger partial charge on any atom is 0.307 e. The first-order valence-electron chi connectivity index (χ1n) is 4.82. The van der Waals surface area contributed by atoms with Gasteiger partial charge >= 0.3 is 5.97 Å². The molecule has 0 aliphatic heterocycles. The molecule has 1 aromatic carbocycles. The van der Waals surface area contributed by atoms with Crippen LogP contribution in [0.25, 0.3) is 0 Å². The summed E-state index contributed by atoms with van der Waals surface area (Å²) in [6, 6.07) is 6.46. The second kappa shape index (κ2) is 5.89. The molecule has 0 saturated heterocycles. The molecule has 1 rings (SSSR count). The normalized spacial score (nSPS) is 14.4. The van der Waals surface area contributed by atoms with E-state index in [1.165, 1.54) is 0 Å². The van der Waals surface area contributed by atoms with Gasteiger partial charge in [-0.3, -0.25) is 4.79 Å². The second-order valence-corrected chi connectivity index (χ2v) is 3.87. The zero-order chi connectivity index (χ0) is 12.1. The van der Waals surface area contributed by atoms with E-state index in [-0.39, 0.29) is 12.2 Å². The van der Waals surface area contributed by atoms with E-state index in [9.17, 15) is 15.0 Å². The fourth-order valence-corrected chi connectivity index (χ4v) is 1.53. The third-order valence-electron chi connectivity index (χ3n) is 2.23. The van der Waals surface area contributed by atoms with Gasteiger partial charge in [0.05, 0.1) is 12.5 Å². The lowest BCUT2D eigenvalue weighted by Crippen LogP contribution is -2.19. The van der Waals surface area contributed by atoms with Gasteiger partial charge in [-0.2, -0.15) is 12.6 Å². The van der Waals surface area contributed by atoms with Crippen LogP contribution in [0.5, 0.6) is 0 Å². The Kier molecular flexibility index (Phi) is 4.79. The lowest BCUT2D eigenvalue weighted by atomic mass is 10.0. The monoisotopic (exact) mass is 242 g/mol. The Morgan fingerprint density at radius 2 is 1.81 bits per heavy atom. The predicted molar refractivity (Wildman–Crippen MR) is 62.6 cm³/mol. The summed E-state index contributed by atoms with van der Waals surface area (Å²) in [6.45, 7) is 0. The average molecular weight is 242 g/mol. The van der Waals surface area contributed by atoms with E-state index < -0.39 is 18.2 Å². The summed E-state index contributed by atoms with van der Waals surface area (Å²) in [6.07, 6.45) is -1.96. The highest BCUT2D eigenvalue weighted by molar-refractivity contribution is 7.80. The topological polar surface area (TPSA) is 77.8 Å². The third-order valence-corrected chi connectivity index (χ3v) is 2.60. The number of rotatable bonds is 5. The zero-order valence-corrected chi connectivity index (χ0v) is 9.47. The number of carbonyl (C=O) groups is 1. The van der Waals surface area contributed by atoms with Crippen molar-refractivity contribution in [2.45, 2.75) is 18.6 Å². The Morgan fingerprint density at radius 3 is 2.25 bits per heavy atom. The van der Waals surface area contributed by atoms with Crippen LogP contribution in [0.1, 0.15) is 17.2 Å². The Bertz CT molecular complexity index is 350. The number of thiol groups is 1. The summed E-state index contributed by atoms with van der Waals surface area (Å²) in [5.41, 5.74) is 1.21. The molecule has 0 spiro atoms. The number of carboxylic acid groups (broad SMARTS) is 1. The van der Waals surface area contributed by atoms with Crippen LogP contribution < -0.4 is 0 Å². The maximum atomic E-state index is 10.4. The molecule has 0 heterocycles. The summed E-state index contributed by atoms with van der Waals surface area (Å²) >= 11 is 3.88. The van der Waals surface area contributed by atoms with Crippen molar-refractivity contribution in [2.75, 3.05) is 5.75 Å². The van der Waals surface area contributed by atoms with Gasteiger partial charge in [0.25, 0.3) is 0 Å². The number of carboxylic acids is 1. The van der Waals surface area contributed by atoms with Gasteiger partial charge in [-0.05, 0) is 11.1 Å². The van der Waals surface area contributed by atoms with Crippen LogP contribution >= 0.6 is 12.6 Å². The minimum atomic E-state index is -0.989. The van der Waals surface area contributed by atoms with E-state index in [0.717, 1.165) is 0 Å². The van der Waals surface area contributed by atoms with Crippen molar-refractivity contribution in [1.82, 2.24) is 0 Å². The molecule has 0 amide bonds. The number of hydrogen-bond acceptors (Lipinski definition) is 4. The van der Waals surface area contributed by atoms with Gasteiger partial charge in [-0.15, -0.1) is 0 Å². The molecule has 0 saturated carbocycles. The first-order valence-corrected chi connectivity index (χ1v) is 5.45. The van der Waals surface area contributed by atoms with Gasteiger partial charge in [0.2, 0.25) is 0 Å². The van der Waals surface area contributed by atoms with Crippen molar-refractivity contribution >= 4 is 18.6 Å². The van der Waals surface area contributed by atoms with Gasteiger partial charge < -0.3 is 15.3 Å². The lowest BCUT2D eigenvalue weighted by molar-refractivity contribution is -0.136. The standard InChI is InChI=1S/C11H14O4S/c12-9(6-16)11(15)8-3-1-7(2-4-8)5-10(13)14/h1-4,9,11-12,15-16H,5-6H2,(H,13,14). The Morgan fingerprint density at radius 1 is 1.25 bits per heavy atom. The molecule has 2 unspecified atom stereocenters. The second-order valence-electron chi connectivity index (χ2n) is 3.51. The first kappa shape index (κ1) is 13.0. The van der Waals surface area contributed by atoms with Gasteiger partial charge in [-0.1, -0.05) is 24.3 Å². The molecule has 16 heavy (non-hydrogen) atoms. The largest absolute Gasteiger partial charge is 0.481 e. The Hall–Kier alpha value is -1.04. The molecule has 4 nitrogen and oxygen atoms in total. The van der Waals surface area contributed by atoms with Crippen LogP contribution in [0, 0.1) is 0 Å². The molecule has 0 aliphatic rings. The third kappa shape index (κ3) is 3.52. The highest BCUT2D eigenvalue weighted by Gasteiger charge is 2.16. The van der Waals surface area contributed by atoms with Crippen molar-refractivity contribution in [1.29, 1.82) is 0 Å². The van der Waals surface area contributed by atoms with Crippen molar-refractivity contribution in [3.05, 3.63) is 35.4 Å². The molecule has 0 aliphatic carbocycles. The fraction of sp³-hybridized carbons (Fsp3) is 0.364. The molecule has 3 N–H and O–H groups in total. The zero-order valence-electron chi connectivity index (χ0n) is 8.58. The molecule has 0 fully saturated rings. The molecular weight excluding hydrogens is 228 g/mol. The van der Waals surface area contributed by atoms with E-state index in [1.807, 2.05) is 0 Å². The number of aliphatic hydroxyl groups is 2. The highest BCUT2D eigenvalue weighted by Crippen LogP contribution is 2.18. The van der Waals surface area contributed by atoms with E-state index in [1.54, 1.807) is 24.3 Å². The molecule has 0 bridgehead atoms. The van der Waals surface area contributed by atoms with Crippen LogP contribution in [0.3, 0.4) is 0 Å². The fourth-order valence-electron chi connectivity index (χ4n) is 1.33. The predicted octanol–water partition coefficient (Wildman–Crippen LogP) is 0.638. The number of aliphatic hydroxyl groups excluding tert-OH is 2. The van der Waals surface area contributed by atoms with Crippen LogP contribution in [0.2, 0.25) is 0 Å². The molecular formula is C11H14O4S. The Labute approximate surface area is 99.0 Å². The van der Waals surface area contributed by atoms with Gasteiger partial charge in [-0.25, -0.2) is 0 Å². The molecule has 5 heteroatoms. The number of benzene rings is 1. The maximum absolute atomic E-state index is 10.4. The van der Waals surface area contributed by atoms with Gasteiger partial charge in [0.15, 0.2) is 0 Å². The van der Waals surface area contributed by atoms with E-state index in [0.29, 0.717) is 11.1 Å². The van der Waals surface area contributed by atoms with E-state index in [2.05, 4.69) is 12.6 Å². The van der Waals surface area contributed by atoms with Crippen LogP contribution in [-0.4, -0.2) is 33.1 Å².